The Morgan fingerprint density at radius 2 is 1.78 bits per heavy atom. The Morgan fingerprint density at radius 1 is 1.04 bits per heavy atom. The Hall–Kier alpha value is -1.55. The number of piperazine rings is 1. The van der Waals surface area contributed by atoms with Gasteiger partial charge in [-0.05, 0) is 62.6 Å². The summed E-state index contributed by atoms with van der Waals surface area (Å²) < 4.78 is 0. The zero-order valence-corrected chi connectivity index (χ0v) is 17.2. The third-order valence-electron chi connectivity index (χ3n) is 7.35. The van der Waals surface area contributed by atoms with Crippen LogP contribution in [-0.4, -0.2) is 56.1 Å². The molecule has 1 saturated carbocycles. The van der Waals surface area contributed by atoms with Crippen LogP contribution in [0.15, 0.2) is 18.2 Å². The number of hydrogen-bond donors (Lipinski definition) is 1. The number of piperidine rings is 1. The van der Waals surface area contributed by atoms with Crippen molar-refractivity contribution in [2.75, 3.05) is 44.2 Å². The SMILES string of the molecule is Cc1cccc(N2CC[NH+](CC(=O)N3CCC[C@H]4CCCC[C@@H]43)CC2)c1C. The van der Waals surface area contributed by atoms with Crippen LogP contribution in [0, 0.1) is 19.8 Å². The van der Waals surface area contributed by atoms with Crippen LogP contribution >= 0.6 is 0 Å². The number of carbonyl (C=O) groups excluding carboxylic acids is 1. The van der Waals surface area contributed by atoms with E-state index < -0.39 is 0 Å². The number of quaternary nitrogens is 1. The summed E-state index contributed by atoms with van der Waals surface area (Å²) in [5.41, 5.74) is 4.14. The summed E-state index contributed by atoms with van der Waals surface area (Å²) in [7, 11) is 0. The Labute approximate surface area is 164 Å². The normalized spacial score (nSPS) is 26.7. The summed E-state index contributed by atoms with van der Waals surface area (Å²) in [6, 6.07) is 7.15. The van der Waals surface area contributed by atoms with Gasteiger partial charge in [-0.2, -0.15) is 0 Å². The number of aryl methyl sites for hydroxylation is 1. The van der Waals surface area contributed by atoms with E-state index in [0.717, 1.165) is 38.6 Å². The Balaban J connectivity index is 1.32. The fourth-order valence-electron chi connectivity index (χ4n) is 5.57. The highest BCUT2D eigenvalue weighted by Crippen LogP contribution is 2.35. The number of nitrogens with zero attached hydrogens (tertiary/aromatic N) is 2. The molecule has 4 nitrogen and oxygen atoms in total. The van der Waals surface area contributed by atoms with E-state index >= 15 is 0 Å². The predicted octanol–water partition coefficient (Wildman–Crippen LogP) is 2.19. The van der Waals surface area contributed by atoms with Crippen molar-refractivity contribution in [2.24, 2.45) is 5.92 Å². The molecule has 3 fully saturated rings. The first-order valence-electron chi connectivity index (χ1n) is 11.1. The van der Waals surface area contributed by atoms with Crippen LogP contribution < -0.4 is 9.80 Å². The van der Waals surface area contributed by atoms with E-state index in [2.05, 4.69) is 41.8 Å². The van der Waals surface area contributed by atoms with E-state index in [1.54, 1.807) is 0 Å². The van der Waals surface area contributed by atoms with Crippen molar-refractivity contribution in [1.82, 2.24) is 4.90 Å². The molecule has 0 radical (unpaired) electrons. The number of anilines is 1. The van der Waals surface area contributed by atoms with Crippen molar-refractivity contribution >= 4 is 11.6 Å². The van der Waals surface area contributed by atoms with E-state index in [4.69, 9.17) is 0 Å². The molecule has 2 atom stereocenters. The number of hydrogen-bond acceptors (Lipinski definition) is 2. The zero-order chi connectivity index (χ0) is 18.8. The van der Waals surface area contributed by atoms with Crippen molar-refractivity contribution in [3.05, 3.63) is 29.3 Å². The Morgan fingerprint density at radius 3 is 2.59 bits per heavy atom. The van der Waals surface area contributed by atoms with Gasteiger partial charge in [0.1, 0.15) is 0 Å². The lowest BCUT2D eigenvalue weighted by molar-refractivity contribution is -0.892. The molecule has 1 aromatic carbocycles. The number of fused-ring (bicyclic) bond motifs is 1. The summed E-state index contributed by atoms with van der Waals surface area (Å²) >= 11 is 0. The minimum atomic E-state index is 0.418. The first-order valence-corrected chi connectivity index (χ1v) is 11.1. The average molecular weight is 371 g/mol. The van der Waals surface area contributed by atoms with Gasteiger partial charge in [0.25, 0.3) is 5.91 Å². The van der Waals surface area contributed by atoms with E-state index in [1.807, 2.05) is 0 Å². The zero-order valence-electron chi connectivity index (χ0n) is 17.2. The first kappa shape index (κ1) is 18.8. The van der Waals surface area contributed by atoms with Gasteiger partial charge in [-0.25, -0.2) is 0 Å². The van der Waals surface area contributed by atoms with Crippen molar-refractivity contribution in [3.8, 4) is 0 Å². The molecule has 4 heteroatoms. The Bertz CT molecular complexity index is 664. The predicted molar refractivity (Wildman–Crippen MR) is 110 cm³/mol. The maximum Gasteiger partial charge on any atom is 0.278 e. The molecule has 0 aromatic heterocycles. The van der Waals surface area contributed by atoms with E-state index in [-0.39, 0.29) is 0 Å². The summed E-state index contributed by atoms with van der Waals surface area (Å²) in [4.78, 5) is 19.3. The van der Waals surface area contributed by atoms with Gasteiger partial charge in [0.05, 0.1) is 26.2 Å². The molecular weight excluding hydrogens is 334 g/mol. The van der Waals surface area contributed by atoms with Crippen LogP contribution in [0.1, 0.15) is 49.7 Å². The lowest BCUT2D eigenvalue weighted by Gasteiger charge is -2.44. The molecule has 148 valence electrons. The lowest BCUT2D eigenvalue weighted by atomic mass is 9.78. The molecule has 1 aromatic rings. The second-order valence-electron chi connectivity index (χ2n) is 8.97. The van der Waals surface area contributed by atoms with Gasteiger partial charge >= 0.3 is 0 Å². The van der Waals surface area contributed by atoms with Crippen LogP contribution in [0.25, 0.3) is 0 Å². The maximum atomic E-state index is 13.1. The number of benzene rings is 1. The van der Waals surface area contributed by atoms with Gasteiger partial charge in [0.15, 0.2) is 6.54 Å². The van der Waals surface area contributed by atoms with Gasteiger partial charge in [-0.1, -0.05) is 25.0 Å². The first-order chi connectivity index (χ1) is 13.1. The Kier molecular flexibility index (Phi) is 5.72. The molecule has 0 spiro atoms. The molecule has 0 unspecified atom stereocenters. The number of likely N-dealkylation sites (tertiary alicyclic amines) is 1. The minimum absolute atomic E-state index is 0.418. The van der Waals surface area contributed by atoms with Crippen LogP contribution in [-0.2, 0) is 4.79 Å². The fourth-order valence-corrected chi connectivity index (χ4v) is 5.57. The van der Waals surface area contributed by atoms with Crippen LogP contribution in [0.2, 0.25) is 0 Å². The number of nitrogens with one attached hydrogen (secondary N) is 1. The molecule has 1 N–H and O–H groups in total. The molecule has 2 heterocycles. The third-order valence-corrected chi connectivity index (χ3v) is 7.35. The van der Waals surface area contributed by atoms with Crippen molar-refractivity contribution in [3.63, 3.8) is 0 Å². The largest absolute Gasteiger partial charge is 0.360 e. The van der Waals surface area contributed by atoms with Crippen LogP contribution in [0.3, 0.4) is 0 Å². The molecule has 3 aliphatic rings. The molecule has 1 aliphatic carbocycles. The van der Waals surface area contributed by atoms with E-state index in [0.29, 0.717) is 18.5 Å². The van der Waals surface area contributed by atoms with Gasteiger partial charge in [0, 0.05) is 18.3 Å². The summed E-state index contributed by atoms with van der Waals surface area (Å²) in [6.07, 6.45) is 7.82. The monoisotopic (exact) mass is 370 g/mol. The second-order valence-corrected chi connectivity index (χ2v) is 8.97. The van der Waals surface area contributed by atoms with Gasteiger partial charge < -0.3 is 14.7 Å². The molecule has 4 rings (SSSR count). The minimum Gasteiger partial charge on any atom is -0.360 e. The topological polar surface area (TPSA) is 28.0 Å². The number of amides is 1. The highest BCUT2D eigenvalue weighted by atomic mass is 16.2. The third kappa shape index (κ3) is 4.01. The van der Waals surface area contributed by atoms with E-state index in [1.165, 1.54) is 60.2 Å². The molecule has 27 heavy (non-hydrogen) atoms. The smallest absolute Gasteiger partial charge is 0.278 e. The summed E-state index contributed by atoms with van der Waals surface area (Å²) in [5.74, 6) is 1.20. The van der Waals surface area contributed by atoms with Gasteiger partial charge in [-0.15, -0.1) is 0 Å². The van der Waals surface area contributed by atoms with Gasteiger partial charge in [0.2, 0.25) is 0 Å². The van der Waals surface area contributed by atoms with Crippen LogP contribution in [0.4, 0.5) is 5.69 Å². The number of carbonyl (C=O) groups is 1. The molecule has 0 bridgehead atoms. The highest BCUT2D eigenvalue weighted by molar-refractivity contribution is 5.77. The second kappa shape index (κ2) is 8.22. The van der Waals surface area contributed by atoms with Gasteiger partial charge in [-0.3, -0.25) is 4.79 Å². The molecule has 2 aliphatic heterocycles. The number of rotatable bonds is 3. The standard InChI is InChI=1S/C23H35N3O/c1-18-7-5-11-21(19(18)2)25-15-13-24(14-16-25)17-23(27)26-12-6-9-20-8-3-4-10-22(20)26/h5,7,11,20,22H,3-4,6,8-10,12-17H2,1-2H3/p+1/t20-,22+/m1/s1. The van der Waals surface area contributed by atoms with E-state index in [9.17, 15) is 4.79 Å². The molecule has 2 saturated heterocycles. The lowest BCUT2D eigenvalue weighted by Crippen LogP contribution is -3.16. The molecular formula is C23H36N3O+. The van der Waals surface area contributed by atoms with Crippen molar-refractivity contribution in [2.45, 2.75) is 58.4 Å². The fraction of sp³-hybridized carbons (Fsp3) is 0.696. The van der Waals surface area contributed by atoms with Crippen molar-refractivity contribution < 1.29 is 9.69 Å². The maximum absolute atomic E-state index is 13.1. The molecule has 1 amide bonds. The summed E-state index contributed by atoms with van der Waals surface area (Å²) in [6.45, 7) is 10.4. The highest BCUT2D eigenvalue weighted by Gasteiger charge is 2.37. The van der Waals surface area contributed by atoms with Crippen LogP contribution in [0.5, 0.6) is 0 Å². The van der Waals surface area contributed by atoms with Crippen molar-refractivity contribution in [1.29, 1.82) is 0 Å². The summed E-state index contributed by atoms with van der Waals surface area (Å²) in [5, 5.41) is 0. The quantitative estimate of drug-likeness (QED) is 0.883. The average Bonchev–Trinajstić information content (AvgIpc) is 2.70.